The second kappa shape index (κ2) is 46.5. The minimum atomic E-state index is -1.86. The quantitative estimate of drug-likeness (QED) is 0.00814. The number of thiol groups is 1. The number of guanidine groups is 1. The lowest BCUT2D eigenvalue weighted by Gasteiger charge is -2.35. The zero-order chi connectivity index (χ0) is 88.8. The number of aromatic nitrogens is 1. The first-order chi connectivity index (χ1) is 56.9. The summed E-state index contributed by atoms with van der Waals surface area (Å²) in [4.78, 5) is 232. The number of benzene rings is 4. The lowest BCUT2D eigenvalue weighted by atomic mass is 10.00. The highest BCUT2D eigenvalue weighted by Gasteiger charge is 2.44. The second-order valence-electron chi connectivity index (χ2n) is 29.6. The Kier molecular flexibility index (Phi) is 37.2. The van der Waals surface area contributed by atoms with E-state index in [0.717, 1.165) is 42.5 Å². The molecule has 1 fully saturated rings. The van der Waals surface area contributed by atoms with Crippen molar-refractivity contribution in [2.75, 3.05) is 80.3 Å². The smallest absolute Gasteiger partial charge is 0.305 e. The molecule has 0 radical (unpaired) electrons. The number of primary amides is 1. The number of carbonyl (C=O) groups is 16. The summed E-state index contributed by atoms with van der Waals surface area (Å²) in [7, 11) is 6.32. The van der Waals surface area contributed by atoms with Gasteiger partial charge in [-0.3, -0.25) is 82.1 Å². The molecule has 18 N–H and O–H groups in total. The summed E-state index contributed by atoms with van der Waals surface area (Å²) in [5, 5.41) is 62.0. The van der Waals surface area contributed by atoms with Gasteiger partial charge >= 0.3 is 5.97 Å². The lowest BCUT2D eigenvalue weighted by molar-refractivity contribution is -0.149. The van der Waals surface area contributed by atoms with E-state index in [-0.39, 0.29) is 76.0 Å². The molecular formula is C81H111N19O19S. The zero-order valence-electron chi connectivity index (χ0n) is 68.6. The molecule has 5 aromatic rings. The third-order valence-electron chi connectivity index (χ3n) is 20.5. The zero-order valence-corrected chi connectivity index (χ0v) is 69.5. The Morgan fingerprint density at radius 1 is 0.567 bits per heavy atom. The molecule has 2 heterocycles. The number of nitrogens with zero attached hydrogens (tertiary/aromatic N) is 6. The number of rotatable bonds is 45. The highest BCUT2D eigenvalue weighted by Crippen LogP contribution is 2.25. The number of phenolic OH excluding ortho intramolecular Hbond substituents is 1. The number of H-pyrrole nitrogens is 1. The van der Waals surface area contributed by atoms with Crippen molar-refractivity contribution >= 4 is 124 Å². The van der Waals surface area contributed by atoms with Gasteiger partial charge in [-0.2, -0.15) is 12.6 Å². The number of aromatic hydroxyl groups is 1. The van der Waals surface area contributed by atoms with Crippen LogP contribution in [0.4, 0.5) is 0 Å². The normalized spacial score (nSPS) is 14.8. The predicted molar refractivity (Wildman–Crippen MR) is 443 cm³/mol. The van der Waals surface area contributed by atoms with E-state index in [9.17, 15) is 72.9 Å². The van der Waals surface area contributed by atoms with Crippen LogP contribution in [-0.4, -0.2) is 297 Å². The van der Waals surface area contributed by atoms with E-state index >= 15 is 19.2 Å². The monoisotopic (exact) mass is 1690 g/mol. The van der Waals surface area contributed by atoms with Gasteiger partial charge < -0.3 is 109 Å². The molecule has 0 spiro atoms. The van der Waals surface area contributed by atoms with Gasteiger partial charge in [0.15, 0.2) is 5.96 Å². The van der Waals surface area contributed by atoms with Crippen LogP contribution in [0.3, 0.4) is 0 Å². The summed E-state index contributed by atoms with van der Waals surface area (Å²) in [5.41, 5.74) is 13.8. The number of aliphatic hydroxyl groups excluding tert-OH is 1. The maximum Gasteiger partial charge on any atom is 0.305 e. The van der Waals surface area contributed by atoms with Crippen molar-refractivity contribution in [3.05, 3.63) is 138 Å². The number of aromatic amines is 1. The molecule has 650 valence electrons. The number of hydrogen-bond donors (Lipinski definition) is 17. The number of para-hydroxylation sites is 1. The molecule has 0 bridgehead atoms. The number of amides is 15. The highest BCUT2D eigenvalue weighted by atomic mass is 32.1. The van der Waals surface area contributed by atoms with E-state index in [2.05, 4.69) is 65.5 Å². The molecule has 4 aromatic carbocycles. The first-order valence-electron chi connectivity index (χ1n) is 39.1. The number of phenols is 1. The average Bonchev–Trinajstić information content (AvgIpc) is 1.57. The Bertz CT molecular complexity index is 4460. The SMILES string of the molecule is CCC(=O)N[C@H](Cc1c[nH]c2ccccc12)C(=O)N(C)[C@@H](C)C(=O)N[C@@H](CC(=O)O)C(=O)N[C@H](C(=O)N(C)[C@@H](CO)C(=O)NCC(=O)N[C@@H](CCCNC(=N)N)C(=O)N(C)[C@@H](Cc1ccccc1)C(=O)N(C)CC(=O)N[C@@H](Cc1ccc(O)cc1)C(=O)N(C)[C@@H](Cc1ccccc1)C(=O)N1CCC[C@H]1C(=O)N[C@@H](CS)C(=O)NCC(N)=O)C(C)C. The summed E-state index contributed by atoms with van der Waals surface area (Å²) < 4.78 is 0. The van der Waals surface area contributed by atoms with Crippen LogP contribution >= 0.6 is 12.6 Å². The molecule has 1 aliphatic rings. The molecule has 1 saturated heterocycles. The van der Waals surface area contributed by atoms with Crippen molar-refractivity contribution < 1.29 is 92.0 Å². The maximum atomic E-state index is 15.2. The number of aliphatic carboxylic acids is 1. The predicted octanol–water partition coefficient (Wildman–Crippen LogP) is -2.73. The summed E-state index contributed by atoms with van der Waals surface area (Å²) in [5.74, 6) is -15.7. The number of fused-ring (bicyclic) bond motifs is 1. The van der Waals surface area contributed by atoms with Crippen molar-refractivity contribution in [3.63, 3.8) is 0 Å². The van der Waals surface area contributed by atoms with Crippen molar-refractivity contribution in [2.45, 2.75) is 158 Å². The number of likely N-dealkylation sites (tertiary alicyclic amines) is 1. The third kappa shape index (κ3) is 28.0. The lowest BCUT2D eigenvalue weighted by Crippen LogP contribution is -2.61. The van der Waals surface area contributed by atoms with Crippen molar-refractivity contribution in [2.24, 2.45) is 17.4 Å². The van der Waals surface area contributed by atoms with Gasteiger partial charge in [0.2, 0.25) is 88.6 Å². The molecule has 1 aliphatic heterocycles. The van der Waals surface area contributed by atoms with Crippen LogP contribution in [0.2, 0.25) is 0 Å². The Morgan fingerprint density at radius 3 is 1.71 bits per heavy atom. The van der Waals surface area contributed by atoms with Crippen molar-refractivity contribution in [1.29, 1.82) is 5.41 Å². The third-order valence-corrected chi connectivity index (χ3v) is 20.9. The molecular weight excluding hydrogens is 1580 g/mol. The fraction of sp³-hybridized carbons (Fsp3) is 0.469. The number of carboxylic acid groups (broad SMARTS) is 1. The molecule has 6 rings (SSSR count). The second-order valence-corrected chi connectivity index (χ2v) is 30.0. The Balaban J connectivity index is 1.16. The largest absolute Gasteiger partial charge is 0.508 e. The fourth-order valence-corrected chi connectivity index (χ4v) is 13.8. The molecule has 38 nitrogen and oxygen atoms in total. The minimum absolute atomic E-state index is 0.0104. The first-order valence-corrected chi connectivity index (χ1v) is 39.7. The van der Waals surface area contributed by atoms with Crippen molar-refractivity contribution in [1.82, 2.24) is 82.2 Å². The van der Waals surface area contributed by atoms with E-state index in [1.165, 1.54) is 78.1 Å². The molecule has 0 unspecified atom stereocenters. The Morgan fingerprint density at radius 2 is 1.12 bits per heavy atom. The molecule has 39 heteroatoms. The molecule has 0 aliphatic carbocycles. The Hall–Kier alpha value is -12.7. The fourth-order valence-electron chi connectivity index (χ4n) is 13.5. The van der Waals surface area contributed by atoms with Crippen LogP contribution in [0.25, 0.3) is 10.9 Å². The number of likely N-dealkylation sites (N-methyl/N-ethyl adjacent to an activating group) is 5. The molecule has 0 saturated carbocycles. The maximum absolute atomic E-state index is 15.2. The summed E-state index contributed by atoms with van der Waals surface area (Å²) in [6, 6.07) is 14.4. The van der Waals surface area contributed by atoms with Crippen LogP contribution in [0.5, 0.6) is 5.75 Å². The van der Waals surface area contributed by atoms with Gasteiger partial charge in [-0.15, -0.1) is 0 Å². The number of nitrogens with one attached hydrogen (secondary N) is 11. The van der Waals surface area contributed by atoms with Crippen LogP contribution in [0.15, 0.2) is 115 Å². The Labute approximate surface area is 700 Å². The number of nitrogens with two attached hydrogens (primary N) is 2. The van der Waals surface area contributed by atoms with Gasteiger partial charge in [0, 0.05) is 103 Å². The van der Waals surface area contributed by atoms with Gasteiger partial charge in [-0.05, 0) is 79.0 Å². The molecule has 1 aromatic heterocycles. The standard InChI is InChI=1S/C81H111N19O19S/c1-10-65(104)90-58(38-51-40-86-54-26-18-17-25-53(51)54)76(115)96(6)47(4)70(109)92-56(39-68(107)108)72(111)94-69(46(2)3)80(119)99(9)63(44-101)73(112)88-42-66(105)89-55(27-19-33-85-81(83)84)75(114)97(7)61(36-48-21-13-11-14-22-48)78(117)95(5)43-67(106)91-57(35-50-29-31-52(102)32-30-50)77(116)98(8)62(37-49-23-15-12-16-24-49)79(118)100-34-20-28-60(100)74(113)93-59(45-120)71(110)87-41-64(82)103/h11-18,21-26,29-32,40,46-47,55-63,69,86,101-102,120H,10,19-20,27-28,33-39,41-45H2,1-9H3,(H2,82,103)(H,87,110)(H,88,112)(H,89,105)(H,90,104)(H,91,106)(H,92,109)(H,93,113)(H,94,111)(H,107,108)(H4,83,84,85)/t47-,55-,56-,57-,58+,59-,60-,61-,62-,63-,69-/m0/s1. The summed E-state index contributed by atoms with van der Waals surface area (Å²) in [6.07, 6.45) is 0.684. The summed E-state index contributed by atoms with van der Waals surface area (Å²) >= 11 is 4.21. The van der Waals surface area contributed by atoms with E-state index in [1.807, 2.05) is 18.2 Å². The van der Waals surface area contributed by atoms with Crippen LogP contribution in [0.1, 0.15) is 88.5 Å². The molecule has 11 atom stereocenters. The van der Waals surface area contributed by atoms with Crippen molar-refractivity contribution in [3.8, 4) is 5.75 Å². The number of aliphatic hydroxyl groups is 1. The minimum Gasteiger partial charge on any atom is -0.508 e. The van der Waals surface area contributed by atoms with Gasteiger partial charge in [0.05, 0.1) is 32.7 Å². The average molecular weight is 1690 g/mol. The van der Waals surface area contributed by atoms with E-state index in [4.69, 9.17) is 16.9 Å². The first kappa shape index (κ1) is 96.2. The molecule has 120 heavy (non-hydrogen) atoms. The van der Waals surface area contributed by atoms with Gasteiger partial charge in [0.25, 0.3) is 0 Å². The highest BCUT2D eigenvalue weighted by molar-refractivity contribution is 7.80. The van der Waals surface area contributed by atoms with E-state index in [1.54, 1.807) is 79.9 Å². The van der Waals surface area contributed by atoms with Gasteiger partial charge in [0.1, 0.15) is 72.2 Å². The van der Waals surface area contributed by atoms with Gasteiger partial charge in [-0.1, -0.05) is 112 Å². The van der Waals surface area contributed by atoms with E-state index < -0.39 is 206 Å². The summed E-state index contributed by atoms with van der Waals surface area (Å²) in [6.45, 7) is 2.80. The van der Waals surface area contributed by atoms with Gasteiger partial charge in [-0.25, -0.2) is 0 Å². The van der Waals surface area contributed by atoms with E-state index in [0.29, 0.717) is 28.7 Å². The molecule has 15 amide bonds. The number of hydrogen-bond acceptors (Lipinski definition) is 20. The number of carbonyl (C=O) groups excluding carboxylic acids is 15. The van der Waals surface area contributed by atoms with Crippen LogP contribution in [0, 0.1) is 11.3 Å². The topological polar surface area (TPSA) is 553 Å². The number of carboxylic acids is 1. The van der Waals surface area contributed by atoms with Crippen LogP contribution < -0.4 is 59.3 Å². The van der Waals surface area contributed by atoms with Crippen LogP contribution in [-0.2, 0) is 102 Å².